The lowest BCUT2D eigenvalue weighted by Gasteiger charge is -2.26. The van der Waals surface area contributed by atoms with Crippen LogP contribution in [0.2, 0.25) is 0 Å². The standard InChI is InChI=1S/C14H17N5OS/c15-13-16-12(10-21-11-4-2-1-3-5-11)17-14(18-13)19-6-8-20-9-7-19/h1-5H,6-10H2,(H2,15,16,17,18). The molecule has 0 aliphatic carbocycles. The third-order valence-corrected chi connectivity index (χ3v) is 4.10. The fourth-order valence-electron chi connectivity index (χ4n) is 2.06. The van der Waals surface area contributed by atoms with Crippen LogP contribution in [0.4, 0.5) is 11.9 Å². The molecule has 3 rings (SSSR count). The average Bonchev–Trinajstić information content (AvgIpc) is 2.54. The van der Waals surface area contributed by atoms with Gasteiger partial charge in [0.05, 0.1) is 19.0 Å². The highest BCUT2D eigenvalue weighted by Gasteiger charge is 2.15. The lowest BCUT2D eigenvalue weighted by Crippen LogP contribution is -2.37. The molecule has 0 unspecified atom stereocenters. The van der Waals surface area contributed by atoms with Crippen LogP contribution in [0.15, 0.2) is 35.2 Å². The molecule has 0 atom stereocenters. The summed E-state index contributed by atoms with van der Waals surface area (Å²) in [6.07, 6.45) is 0. The van der Waals surface area contributed by atoms with E-state index < -0.39 is 0 Å². The number of ether oxygens (including phenoxy) is 1. The minimum absolute atomic E-state index is 0.273. The number of morpholine rings is 1. The van der Waals surface area contributed by atoms with Gasteiger partial charge in [0.2, 0.25) is 11.9 Å². The Morgan fingerprint density at radius 2 is 1.86 bits per heavy atom. The summed E-state index contributed by atoms with van der Waals surface area (Å²) in [5.74, 6) is 2.30. The van der Waals surface area contributed by atoms with Gasteiger partial charge in [0.1, 0.15) is 5.82 Å². The number of rotatable bonds is 4. The second-order valence-corrected chi connectivity index (χ2v) is 5.66. The van der Waals surface area contributed by atoms with Crippen LogP contribution in [-0.2, 0) is 10.5 Å². The summed E-state index contributed by atoms with van der Waals surface area (Å²) in [5, 5.41) is 0. The zero-order valence-electron chi connectivity index (χ0n) is 11.6. The monoisotopic (exact) mass is 303 g/mol. The number of hydrogen-bond acceptors (Lipinski definition) is 7. The molecule has 1 saturated heterocycles. The Balaban J connectivity index is 1.71. The van der Waals surface area contributed by atoms with Crippen molar-refractivity contribution in [3.8, 4) is 0 Å². The Kier molecular flexibility index (Phi) is 4.52. The number of benzene rings is 1. The van der Waals surface area contributed by atoms with Crippen LogP contribution in [0.3, 0.4) is 0 Å². The third kappa shape index (κ3) is 3.83. The molecule has 1 aliphatic heterocycles. The second-order valence-electron chi connectivity index (χ2n) is 4.61. The first kappa shape index (κ1) is 14.1. The molecule has 21 heavy (non-hydrogen) atoms. The molecule has 1 fully saturated rings. The topological polar surface area (TPSA) is 77.2 Å². The van der Waals surface area contributed by atoms with Crippen LogP contribution < -0.4 is 10.6 Å². The molecule has 0 radical (unpaired) electrons. The first-order valence-electron chi connectivity index (χ1n) is 6.82. The molecule has 0 bridgehead atoms. The Hall–Kier alpha value is -1.86. The van der Waals surface area contributed by atoms with Crippen molar-refractivity contribution in [3.05, 3.63) is 36.2 Å². The van der Waals surface area contributed by atoms with Crippen molar-refractivity contribution < 1.29 is 4.74 Å². The van der Waals surface area contributed by atoms with E-state index in [0.717, 1.165) is 13.1 Å². The van der Waals surface area contributed by atoms with Gasteiger partial charge in [-0.1, -0.05) is 18.2 Å². The molecule has 1 aromatic heterocycles. The molecule has 2 N–H and O–H groups in total. The number of nitrogens with zero attached hydrogens (tertiary/aromatic N) is 4. The third-order valence-electron chi connectivity index (χ3n) is 3.09. The molecule has 110 valence electrons. The van der Waals surface area contributed by atoms with Gasteiger partial charge in [-0.25, -0.2) is 0 Å². The maximum atomic E-state index is 5.81. The first-order chi connectivity index (χ1) is 10.3. The normalized spacial score (nSPS) is 15.1. The fourth-order valence-corrected chi connectivity index (χ4v) is 2.83. The highest BCUT2D eigenvalue weighted by molar-refractivity contribution is 7.98. The number of thioether (sulfide) groups is 1. The molecule has 0 amide bonds. The van der Waals surface area contributed by atoms with Crippen molar-refractivity contribution >= 4 is 23.7 Å². The largest absolute Gasteiger partial charge is 0.378 e. The average molecular weight is 303 g/mol. The predicted octanol–water partition coefficient (Wildman–Crippen LogP) is 1.58. The van der Waals surface area contributed by atoms with E-state index in [1.807, 2.05) is 18.2 Å². The zero-order chi connectivity index (χ0) is 14.5. The summed E-state index contributed by atoms with van der Waals surface area (Å²) < 4.78 is 5.34. The molecule has 6 nitrogen and oxygen atoms in total. The summed E-state index contributed by atoms with van der Waals surface area (Å²) in [6.45, 7) is 2.96. The molecule has 2 heterocycles. The Labute approximate surface area is 127 Å². The molecule has 1 aromatic carbocycles. The summed E-state index contributed by atoms with van der Waals surface area (Å²) in [4.78, 5) is 16.2. The molecule has 2 aromatic rings. The quantitative estimate of drug-likeness (QED) is 0.859. The van der Waals surface area contributed by atoms with Gasteiger partial charge in [-0.05, 0) is 12.1 Å². The highest BCUT2D eigenvalue weighted by atomic mass is 32.2. The zero-order valence-corrected chi connectivity index (χ0v) is 12.4. The number of hydrogen-bond donors (Lipinski definition) is 1. The van der Waals surface area contributed by atoms with Crippen molar-refractivity contribution in [1.29, 1.82) is 0 Å². The van der Waals surface area contributed by atoms with Crippen molar-refractivity contribution in [2.45, 2.75) is 10.6 Å². The molecular formula is C14H17N5OS. The Morgan fingerprint density at radius 3 is 2.62 bits per heavy atom. The highest BCUT2D eigenvalue weighted by Crippen LogP contribution is 2.21. The Bertz CT molecular complexity index is 589. The van der Waals surface area contributed by atoms with Crippen LogP contribution in [-0.4, -0.2) is 41.3 Å². The minimum Gasteiger partial charge on any atom is -0.378 e. The van der Waals surface area contributed by atoms with Gasteiger partial charge in [-0.2, -0.15) is 15.0 Å². The van der Waals surface area contributed by atoms with Crippen LogP contribution in [0.25, 0.3) is 0 Å². The van der Waals surface area contributed by atoms with Gasteiger partial charge in [0.15, 0.2) is 0 Å². The van der Waals surface area contributed by atoms with Crippen LogP contribution in [0.5, 0.6) is 0 Å². The molecular weight excluding hydrogens is 286 g/mol. The van der Waals surface area contributed by atoms with E-state index in [0.29, 0.717) is 30.7 Å². The minimum atomic E-state index is 0.273. The predicted molar refractivity (Wildman–Crippen MR) is 83.3 cm³/mol. The number of nitrogen functional groups attached to an aromatic ring is 1. The molecule has 0 spiro atoms. The number of aromatic nitrogens is 3. The van der Waals surface area contributed by atoms with E-state index in [1.165, 1.54) is 4.90 Å². The van der Waals surface area contributed by atoms with E-state index >= 15 is 0 Å². The number of anilines is 2. The smallest absolute Gasteiger partial charge is 0.230 e. The maximum absolute atomic E-state index is 5.81. The molecule has 7 heteroatoms. The summed E-state index contributed by atoms with van der Waals surface area (Å²) in [6, 6.07) is 10.2. The van der Waals surface area contributed by atoms with Gasteiger partial charge >= 0.3 is 0 Å². The molecule has 1 aliphatic rings. The molecule has 0 saturated carbocycles. The van der Waals surface area contributed by atoms with Crippen LogP contribution in [0.1, 0.15) is 5.82 Å². The van der Waals surface area contributed by atoms with Gasteiger partial charge in [-0.15, -0.1) is 11.8 Å². The van der Waals surface area contributed by atoms with Crippen molar-refractivity contribution in [2.75, 3.05) is 36.9 Å². The van der Waals surface area contributed by atoms with Crippen molar-refractivity contribution in [1.82, 2.24) is 15.0 Å². The van der Waals surface area contributed by atoms with Crippen LogP contribution >= 0.6 is 11.8 Å². The van der Waals surface area contributed by atoms with Gasteiger partial charge < -0.3 is 15.4 Å². The van der Waals surface area contributed by atoms with Crippen molar-refractivity contribution in [2.24, 2.45) is 0 Å². The van der Waals surface area contributed by atoms with Gasteiger partial charge in [-0.3, -0.25) is 0 Å². The van der Waals surface area contributed by atoms with Gasteiger partial charge in [0, 0.05) is 18.0 Å². The summed E-state index contributed by atoms with van der Waals surface area (Å²) in [5.41, 5.74) is 5.81. The Morgan fingerprint density at radius 1 is 1.10 bits per heavy atom. The van der Waals surface area contributed by atoms with E-state index in [-0.39, 0.29) is 5.95 Å². The summed E-state index contributed by atoms with van der Waals surface area (Å²) >= 11 is 1.69. The summed E-state index contributed by atoms with van der Waals surface area (Å²) in [7, 11) is 0. The van der Waals surface area contributed by atoms with Crippen LogP contribution in [0, 0.1) is 0 Å². The second kappa shape index (κ2) is 6.73. The van der Waals surface area contributed by atoms with Crippen molar-refractivity contribution in [3.63, 3.8) is 0 Å². The first-order valence-corrected chi connectivity index (χ1v) is 7.81. The fraction of sp³-hybridized carbons (Fsp3) is 0.357. The van der Waals surface area contributed by atoms with E-state index in [2.05, 4.69) is 32.0 Å². The van der Waals surface area contributed by atoms with Gasteiger partial charge in [0.25, 0.3) is 0 Å². The lowest BCUT2D eigenvalue weighted by molar-refractivity contribution is 0.122. The SMILES string of the molecule is Nc1nc(CSc2ccccc2)nc(N2CCOCC2)n1. The van der Waals surface area contributed by atoms with E-state index in [1.54, 1.807) is 11.8 Å². The number of nitrogens with two attached hydrogens (primary N) is 1. The maximum Gasteiger partial charge on any atom is 0.230 e. The lowest BCUT2D eigenvalue weighted by atomic mass is 10.4. The van der Waals surface area contributed by atoms with E-state index in [4.69, 9.17) is 10.5 Å². The van der Waals surface area contributed by atoms with E-state index in [9.17, 15) is 0 Å².